The highest BCUT2D eigenvalue weighted by molar-refractivity contribution is 7.74. The van der Waals surface area contributed by atoms with Gasteiger partial charge < -0.3 is 10.2 Å². The summed E-state index contributed by atoms with van der Waals surface area (Å²) in [4.78, 5) is 17.2. The molecule has 4 aromatic carbocycles. The number of carbonyl (C=O) groups is 1. The Morgan fingerprint density at radius 1 is 0.561 bits per heavy atom. The van der Waals surface area contributed by atoms with Crippen LogP contribution in [0.25, 0.3) is 0 Å². The van der Waals surface area contributed by atoms with Gasteiger partial charge >= 0.3 is 6.03 Å². The summed E-state index contributed by atoms with van der Waals surface area (Å²) in [5.74, 6) is 0. The van der Waals surface area contributed by atoms with E-state index < -0.39 is 48.1 Å². The zero-order chi connectivity index (χ0) is 47.5. The predicted molar refractivity (Wildman–Crippen MR) is 311 cm³/mol. The second kappa shape index (κ2) is 26.7. The number of hydrogen-bond donors (Lipinski definition) is 1. The minimum atomic E-state index is -1.65. The van der Waals surface area contributed by atoms with Crippen molar-refractivity contribution in [1.82, 2.24) is 10.2 Å². The van der Waals surface area contributed by atoms with Crippen LogP contribution in [0.1, 0.15) is 32.1 Å². The van der Waals surface area contributed by atoms with Crippen LogP contribution in [0.3, 0.4) is 0 Å². The summed E-state index contributed by atoms with van der Waals surface area (Å²) in [5.41, 5.74) is 0.376. The van der Waals surface area contributed by atoms with E-state index in [1.807, 2.05) is 0 Å². The van der Waals surface area contributed by atoms with Gasteiger partial charge in [0, 0.05) is 24.8 Å². The molecule has 1 saturated heterocycles. The van der Waals surface area contributed by atoms with E-state index in [0.29, 0.717) is 5.66 Å². The fourth-order valence-corrected chi connectivity index (χ4v) is 28.9. The highest BCUT2D eigenvalue weighted by atomic mass is 31.1. The Kier molecular flexibility index (Phi) is 21.9. The Morgan fingerprint density at radius 2 is 0.924 bits per heavy atom. The van der Waals surface area contributed by atoms with Crippen molar-refractivity contribution in [3.05, 3.63) is 159 Å². The van der Waals surface area contributed by atoms with E-state index in [9.17, 15) is 4.79 Å². The molecule has 1 heterocycles. The molecule has 1 aliphatic rings. The topological polar surface area (TPSA) is 32.3 Å². The lowest BCUT2D eigenvalue weighted by Gasteiger charge is -2.36. The maximum atomic E-state index is 14.9. The van der Waals surface area contributed by atoms with Crippen LogP contribution < -0.4 is 26.5 Å². The van der Waals surface area contributed by atoms with Crippen LogP contribution >= 0.6 is 15.8 Å². The Morgan fingerprint density at radius 3 is 1.30 bits per heavy atom. The van der Waals surface area contributed by atoms with Gasteiger partial charge in [-0.3, -0.25) is 0 Å². The first-order valence-electron chi connectivity index (χ1n) is 25.3. The number of hydrogen-bond acceptors (Lipinski definition) is 1. The molecule has 1 N–H and O–H groups in total. The molecular formula is C57H86N2OP2Si4. The van der Waals surface area contributed by atoms with Gasteiger partial charge in [-0.2, -0.15) is 0 Å². The van der Waals surface area contributed by atoms with Crippen LogP contribution in [0.5, 0.6) is 0 Å². The van der Waals surface area contributed by atoms with E-state index in [1.165, 1.54) is 101 Å². The first-order valence-corrected chi connectivity index (χ1v) is 41.3. The number of carbonyl (C=O) groups excluding carboxylic acids is 1. The van der Waals surface area contributed by atoms with Crippen molar-refractivity contribution in [2.75, 3.05) is 19.3 Å². The molecule has 0 aliphatic carbocycles. The monoisotopic (exact) mass is 989 g/mol. The van der Waals surface area contributed by atoms with Crippen LogP contribution in [0.4, 0.5) is 4.79 Å². The zero-order valence-corrected chi connectivity index (χ0v) is 47.8. The van der Waals surface area contributed by atoms with E-state index in [4.69, 9.17) is 0 Å². The summed E-state index contributed by atoms with van der Waals surface area (Å²) in [6.07, 6.45) is 13.7. The number of likely N-dealkylation sites (tertiary alicyclic amines) is 1. The van der Waals surface area contributed by atoms with Gasteiger partial charge in [-0.05, 0) is 74.2 Å². The lowest BCUT2D eigenvalue weighted by molar-refractivity contribution is 0.197. The van der Waals surface area contributed by atoms with Crippen LogP contribution in [-0.2, 0) is 0 Å². The van der Waals surface area contributed by atoms with Gasteiger partial charge in [0.05, 0.1) is 32.3 Å². The van der Waals surface area contributed by atoms with Gasteiger partial charge in [0.1, 0.15) is 0 Å². The van der Waals surface area contributed by atoms with Crippen LogP contribution in [0.15, 0.2) is 159 Å². The second-order valence-corrected chi connectivity index (χ2v) is 47.4. The third-order valence-corrected chi connectivity index (χ3v) is 35.0. The molecule has 2 amide bonds. The van der Waals surface area contributed by atoms with Crippen molar-refractivity contribution in [1.29, 1.82) is 0 Å². The van der Waals surface area contributed by atoms with E-state index in [0.717, 1.165) is 32.1 Å². The second-order valence-electron chi connectivity index (χ2n) is 21.9. The Balaban J connectivity index is 1.40. The Bertz CT molecular complexity index is 1900. The Hall–Kier alpha value is -2.90. The molecule has 5 rings (SSSR count). The third kappa shape index (κ3) is 17.3. The maximum absolute atomic E-state index is 14.9. The van der Waals surface area contributed by atoms with Crippen molar-refractivity contribution in [3.8, 4) is 0 Å². The average molecular weight is 990 g/mol. The normalized spacial score (nSPS) is 15.8. The van der Waals surface area contributed by atoms with Gasteiger partial charge in [0.2, 0.25) is 0 Å². The van der Waals surface area contributed by atoms with Crippen molar-refractivity contribution < 1.29 is 4.79 Å². The first-order chi connectivity index (χ1) is 31.7. The molecule has 0 saturated carbocycles. The largest absolute Gasteiger partial charge is 0.338 e. The number of rotatable bonds is 29. The maximum Gasteiger partial charge on any atom is 0.317 e. The van der Waals surface area contributed by atoms with Gasteiger partial charge in [-0.1, -0.05) is 240 Å². The van der Waals surface area contributed by atoms with Crippen LogP contribution in [0, 0.1) is 0 Å². The van der Waals surface area contributed by atoms with Gasteiger partial charge in [0.15, 0.2) is 0 Å². The smallest absolute Gasteiger partial charge is 0.317 e. The molecule has 66 heavy (non-hydrogen) atoms. The van der Waals surface area contributed by atoms with Gasteiger partial charge in [-0.25, -0.2) is 4.79 Å². The summed E-state index contributed by atoms with van der Waals surface area (Å²) in [7, 11) is -6.87. The molecule has 0 spiro atoms. The minimum Gasteiger partial charge on any atom is -0.338 e. The summed E-state index contributed by atoms with van der Waals surface area (Å²) < 4.78 is 0. The Labute approximate surface area is 410 Å². The van der Waals surface area contributed by atoms with Crippen LogP contribution in [0.2, 0.25) is 99.7 Å². The molecular weight excluding hydrogens is 903 g/mol. The first kappa shape index (κ1) is 54.0. The molecule has 0 aromatic heterocycles. The summed E-state index contributed by atoms with van der Waals surface area (Å²) in [5, 5.41) is 9.20. The number of benzene rings is 4. The number of allylic oxidation sites excluding steroid dienone is 3. The lowest BCUT2D eigenvalue weighted by atomic mass is 10.2. The van der Waals surface area contributed by atoms with Gasteiger partial charge in [-0.15, -0.1) is 19.7 Å². The van der Waals surface area contributed by atoms with Crippen molar-refractivity contribution in [3.63, 3.8) is 0 Å². The molecule has 3 nitrogen and oxygen atoms in total. The molecule has 356 valence electrons. The number of nitrogens with zero attached hydrogens (tertiary/aromatic N) is 1. The summed E-state index contributed by atoms with van der Waals surface area (Å²) >= 11 is 0. The molecule has 1 aliphatic heterocycles. The summed E-state index contributed by atoms with van der Waals surface area (Å²) in [6.45, 7) is 29.4. The van der Waals surface area contributed by atoms with Crippen LogP contribution in [-0.4, -0.2) is 74.2 Å². The number of amides is 2. The number of nitrogens with one attached hydrogen (secondary N) is 1. The SMILES string of the molecule is C=CC[Si](C)(C)CCC[Si](CCCNC(=O)N1C[C@H](P(c2ccccc2)c2ccccc2)C[C@@H]1CP(c1ccccc1)c1ccccc1)(CCC[Si](C)(C)CC=C)CCC[Si](C)(C)CC=C. The molecule has 9 heteroatoms. The molecule has 4 aromatic rings. The van der Waals surface area contributed by atoms with Crippen molar-refractivity contribution in [2.45, 2.75) is 144 Å². The fraction of sp³-hybridized carbons (Fsp3) is 0.456. The third-order valence-electron chi connectivity index (χ3n) is 14.5. The quantitative estimate of drug-likeness (QED) is 0.0250. The average Bonchev–Trinajstić information content (AvgIpc) is 3.71. The molecule has 2 atom stereocenters. The van der Waals surface area contributed by atoms with E-state index in [1.54, 1.807) is 0 Å². The molecule has 1 fully saturated rings. The van der Waals surface area contributed by atoms with Gasteiger partial charge in [0.25, 0.3) is 0 Å². The van der Waals surface area contributed by atoms with E-state index in [2.05, 4.69) is 209 Å². The highest BCUT2D eigenvalue weighted by Crippen LogP contribution is 2.48. The zero-order valence-electron chi connectivity index (χ0n) is 42.0. The standard InChI is InChI=1S/C57H86N2OP2Si4/c1-10-38-63(4,5)41-26-45-66(46-27-42-64(6,7)39-11-2,47-28-43-65(8,9)40-12-3)44-25-37-58-57(60)59-49-56(62(54-33-21-15-22-34-54)55-35-23-16-24-36-55)48-51(59)50-61(52-29-17-13-18-30-52)53-31-19-14-20-32-53/h10-24,29-36,51,56H,1-3,25-28,37-50H2,4-9H3,(H,58,60)/t51-,56-/m1/s1. The molecule has 0 unspecified atom stereocenters. The minimum absolute atomic E-state index is 0.147. The van der Waals surface area contributed by atoms with E-state index >= 15 is 0 Å². The highest BCUT2D eigenvalue weighted by Gasteiger charge is 2.41. The molecule has 0 radical (unpaired) electrons. The fourth-order valence-electron chi connectivity index (χ4n) is 10.8. The van der Waals surface area contributed by atoms with E-state index in [-0.39, 0.29) is 12.1 Å². The summed E-state index contributed by atoms with van der Waals surface area (Å²) in [6, 6.07) is 58.3. The predicted octanol–water partition coefficient (Wildman–Crippen LogP) is 15.1. The number of urea groups is 1. The lowest BCUT2D eigenvalue weighted by Crippen LogP contribution is -2.45. The molecule has 0 bridgehead atoms. The van der Waals surface area contributed by atoms with Crippen molar-refractivity contribution in [2.24, 2.45) is 0 Å². The van der Waals surface area contributed by atoms with Crippen molar-refractivity contribution >= 4 is 75.4 Å².